The van der Waals surface area contributed by atoms with Gasteiger partial charge in [-0.2, -0.15) is 0 Å². The molecule has 0 spiro atoms. The van der Waals surface area contributed by atoms with E-state index in [1.54, 1.807) is 0 Å². The minimum Gasteiger partial charge on any atom is -0.377 e. The number of rotatable bonds is 8. The highest BCUT2D eigenvalue weighted by Crippen LogP contribution is 1.90. The van der Waals surface area contributed by atoms with Gasteiger partial charge in [0.15, 0.2) is 0 Å². The Hall–Kier alpha value is -0.870. The molecule has 0 aliphatic heterocycles. The molecule has 1 unspecified atom stereocenters. The molecule has 0 bridgehead atoms. The van der Waals surface area contributed by atoms with Gasteiger partial charge in [-0.25, -0.2) is 4.98 Å². The van der Waals surface area contributed by atoms with Crippen LogP contribution < -0.4 is 5.32 Å². The molecule has 1 heterocycles. The summed E-state index contributed by atoms with van der Waals surface area (Å²) in [5.41, 5.74) is 0. The van der Waals surface area contributed by atoms with Gasteiger partial charge in [-0.15, -0.1) is 0 Å². The van der Waals surface area contributed by atoms with E-state index < -0.39 is 0 Å². The minimum atomic E-state index is 0.309. The van der Waals surface area contributed by atoms with Crippen molar-refractivity contribution in [3.63, 3.8) is 0 Å². The molecular formula is C11H21N3O. The lowest BCUT2D eigenvalue weighted by Crippen LogP contribution is -2.28. The molecule has 86 valence electrons. The molecule has 1 rings (SSSR count). The molecule has 1 aromatic rings. The van der Waals surface area contributed by atoms with Crippen LogP contribution in [0, 0.1) is 0 Å². The number of aryl methyl sites for hydroxylation is 1. The fourth-order valence-electron chi connectivity index (χ4n) is 1.45. The maximum absolute atomic E-state index is 5.42. The van der Waals surface area contributed by atoms with Crippen LogP contribution in [-0.4, -0.2) is 35.4 Å². The molecule has 0 fully saturated rings. The van der Waals surface area contributed by atoms with Gasteiger partial charge in [0, 0.05) is 32.1 Å². The van der Waals surface area contributed by atoms with Gasteiger partial charge < -0.3 is 14.6 Å². The molecule has 1 aromatic heterocycles. The summed E-state index contributed by atoms with van der Waals surface area (Å²) in [6.45, 7) is 7.88. The molecule has 0 saturated carbocycles. The van der Waals surface area contributed by atoms with E-state index in [0.29, 0.717) is 6.10 Å². The zero-order chi connectivity index (χ0) is 10.9. The van der Waals surface area contributed by atoms with E-state index in [1.165, 1.54) is 0 Å². The van der Waals surface area contributed by atoms with Crippen LogP contribution >= 0.6 is 0 Å². The monoisotopic (exact) mass is 211 g/mol. The maximum atomic E-state index is 5.42. The Balaban J connectivity index is 1.93. The number of ether oxygens (including phenoxy) is 1. The lowest BCUT2D eigenvalue weighted by Gasteiger charge is -2.12. The van der Waals surface area contributed by atoms with E-state index in [4.69, 9.17) is 4.74 Å². The fourth-order valence-corrected chi connectivity index (χ4v) is 1.45. The lowest BCUT2D eigenvalue weighted by molar-refractivity contribution is 0.0762. The molecule has 0 aromatic carbocycles. The number of imidazole rings is 1. The first-order chi connectivity index (χ1) is 7.33. The summed E-state index contributed by atoms with van der Waals surface area (Å²) in [4.78, 5) is 4.00. The van der Waals surface area contributed by atoms with Gasteiger partial charge in [0.2, 0.25) is 0 Å². The second kappa shape index (κ2) is 7.43. The topological polar surface area (TPSA) is 39.1 Å². The van der Waals surface area contributed by atoms with Crippen LogP contribution in [0.4, 0.5) is 0 Å². The lowest BCUT2D eigenvalue weighted by atomic mass is 10.3. The third-order valence-electron chi connectivity index (χ3n) is 2.21. The Bertz CT molecular complexity index is 236. The molecule has 4 heteroatoms. The first kappa shape index (κ1) is 12.2. The fraction of sp³-hybridized carbons (Fsp3) is 0.727. The van der Waals surface area contributed by atoms with Crippen LogP contribution in [-0.2, 0) is 11.3 Å². The average Bonchev–Trinajstić information content (AvgIpc) is 2.70. The van der Waals surface area contributed by atoms with Crippen LogP contribution in [0.15, 0.2) is 18.7 Å². The molecule has 1 atom stereocenters. The average molecular weight is 211 g/mol. The van der Waals surface area contributed by atoms with Crippen LogP contribution in [0.1, 0.15) is 20.3 Å². The standard InChI is InChI=1S/C11H21N3O/c1-3-15-11(2)9-12-5-4-7-14-8-6-13-10-14/h6,8,10-12H,3-5,7,9H2,1-2H3. The van der Waals surface area contributed by atoms with E-state index >= 15 is 0 Å². The highest BCUT2D eigenvalue weighted by molar-refractivity contribution is 4.73. The van der Waals surface area contributed by atoms with Crippen LogP contribution in [0.2, 0.25) is 0 Å². The third kappa shape index (κ3) is 5.54. The molecule has 0 aliphatic carbocycles. The summed E-state index contributed by atoms with van der Waals surface area (Å²) in [7, 11) is 0. The predicted molar refractivity (Wildman–Crippen MR) is 60.8 cm³/mol. The van der Waals surface area contributed by atoms with E-state index in [2.05, 4.69) is 21.8 Å². The second-order valence-electron chi connectivity index (χ2n) is 3.62. The van der Waals surface area contributed by atoms with Crippen molar-refractivity contribution >= 4 is 0 Å². The molecular weight excluding hydrogens is 190 g/mol. The Morgan fingerprint density at radius 1 is 1.53 bits per heavy atom. The minimum absolute atomic E-state index is 0.309. The van der Waals surface area contributed by atoms with Crippen molar-refractivity contribution in [1.29, 1.82) is 0 Å². The summed E-state index contributed by atoms with van der Waals surface area (Å²) in [6, 6.07) is 0. The van der Waals surface area contributed by atoms with Crippen molar-refractivity contribution in [2.45, 2.75) is 32.9 Å². The molecule has 0 radical (unpaired) electrons. The number of nitrogens with one attached hydrogen (secondary N) is 1. The summed E-state index contributed by atoms with van der Waals surface area (Å²) in [6.07, 6.45) is 7.08. The summed E-state index contributed by atoms with van der Waals surface area (Å²) in [5, 5.41) is 3.37. The van der Waals surface area contributed by atoms with Crippen molar-refractivity contribution in [3.05, 3.63) is 18.7 Å². The van der Waals surface area contributed by atoms with Gasteiger partial charge in [-0.05, 0) is 26.8 Å². The van der Waals surface area contributed by atoms with E-state index in [0.717, 1.165) is 32.7 Å². The largest absolute Gasteiger partial charge is 0.377 e. The highest BCUT2D eigenvalue weighted by Gasteiger charge is 1.98. The first-order valence-corrected chi connectivity index (χ1v) is 5.61. The van der Waals surface area contributed by atoms with E-state index in [-0.39, 0.29) is 0 Å². The van der Waals surface area contributed by atoms with Gasteiger partial charge in [0.25, 0.3) is 0 Å². The molecule has 0 saturated heterocycles. The predicted octanol–water partition coefficient (Wildman–Crippen LogP) is 1.29. The quantitative estimate of drug-likeness (QED) is 0.659. The Morgan fingerprint density at radius 2 is 2.40 bits per heavy atom. The van der Waals surface area contributed by atoms with Gasteiger partial charge in [-0.3, -0.25) is 0 Å². The number of hydrogen-bond donors (Lipinski definition) is 1. The van der Waals surface area contributed by atoms with Crippen molar-refractivity contribution in [3.8, 4) is 0 Å². The molecule has 1 N–H and O–H groups in total. The molecule has 0 amide bonds. The highest BCUT2D eigenvalue weighted by atomic mass is 16.5. The Labute approximate surface area is 91.7 Å². The number of hydrogen-bond acceptors (Lipinski definition) is 3. The van der Waals surface area contributed by atoms with Crippen molar-refractivity contribution in [2.24, 2.45) is 0 Å². The smallest absolute Gasteiger partial charge is 0.0945 e. The Morgan fingerprint density at radius 3 is 3.07 bits per heavy atom. The molecule has 0 aliphatic rings. The first-order valence-electron chi connectivity index (χ1n) is 5.61. The van der Waals surface area contributed by atoms with Gasteiger partial charge in [-0.1, -0.05) is 0 Å². The van der Waals surface area contributed by atoms with Crippen LogP contribution in [0.5, 0.6) is 0 Å². The number of nitrogens with zero attached hydrogens (tertiary/aromatic N) is 2. The molecule has 4 nitrogen and oxygen atoms in total. The Kier molecular flexibility index (Phi) is 6.04. The van der Waals surface area contributed by atoms with Crippen LogP contribution in [0.3, 0.4) is 0 Å². The van der Waals surface area contributed by atoms with E-state index in [1.807, 2.05) is 25.6 Å². The molecule has 15 heavy (non-hydrogen) atoms. The summed E-state index contributed by atoms with van der Waals surface area (Å²) >= 11 is 0. The SMILES string of the molecule is CCOC(C)CNCCCn1ccnc1. The van der Waals surface area contributed by atoms with Gasteiger partial charge in [0.05, 0.1) is 12.4 Å². The zero-order valence-electron chi connectivity index (χ0n) is 9.65. The normalized spacial score (nSPS) is 12.9. The van der Waals surface area contributed by atoms with Crippen molar-refractivity contribution in [1.82, 2.24) is 14.9 Å². The zero-order valence-corrected chi connectivity index (χ0v) is 9.65. The summed E-state index contributed by atoms with van der Waals surface area (Å²) in [5.74, 6) is 0. The maximum Gasteiger partial charge on any atom is 0.0945 e. The second-order valence-corrected chi connectivity index (χ2v) is 3.62. The van der Waals surface area contributed by atoms with Crippen molar-refractivity contribution in [2.75, 3.05) is 19.7 Å². The van der Waals surface area contributed by atoms with Gasteiger partial charge in [0.1, 0.15) is 0 Å². The van der Waals surface area contributed by atoms with Gasteiger partial charge >= 0.3 is 0 Å². The number of aromatic nitrogens is 2. The third-order valence-corrected chi connectivity index (χ3v) is 2.21. The van der Waals surface area contributed by atoms with Crippen molar-refractivity contribution < 1.29 is 4.74 Å². The summed E-state index contributed by atoms with van der Waals surface area (Å²) < 4.78 is 7.51. The van der Waals surface area contributed by atoms with E-state index in [9.17, 15) is 0 Å². The van der Waals surface area contributed by atoms with Crippen LogP contribution in [0.25, 0.3) is 0 Å².